The second-order valence-electron chi connectivity index (χ2n) is 5.29. The van der Waals surface area contributed by atoms with Crippen molar-refractivity contribution in [3.05, 3.63) is 54.6 Å². The fourth-order valence-electron chi connectivity index (χ4n) is 1.78. The van der Waals surface area contributed by atoms with Crippen molar-refractivity contribution in [1.82, 2.24) is 4.90 Å². The van der Waals surface area contributed by atoms with E-state index in [1.165, 1.54) is 11.8 Å². The van der Waals surface area contributed by atoms with E-state index in [0.717, 1.165) is 17.2 Å². The second-order valence-corrected chi connectivity index (χ2v) is 6.68. The molecule has 0 spiro atoms. The Morgan fingerprint density at radius 2 is 1.70 bits per heavy atom. The Hall–Kier alpha value is -2.14. The molecule has 1 atom stereocenters. The van der Waals surface area contributed by atoms with Crippen LogP contribution in [0.4, 0.5) is 4.79 Å². The van der Waals surface area contributed by atoms with Gasteiger partial charge in [0.25, 0.3) is 5.24 Å². The van der Waals surface area contributed by atoms with Gasteiger partial charge < -0.3 is 14.4 Å². The smallest absolute Gasteiger partial charge is 0.281 e. The molecular formula is C18H21NO3S. The Kier molecular flexibility index (Phi) is 6.35. The molecule has 1 unspecified atom stereocenters. The number of rotatable bonds is 6. The summed E-state index contributed by atoms with van der Waals surface area (Å²) in [4.78, 5) is 13.2. The number of benzene rings is 2. The lowest BCUT2D eigenvalue weighted by molar-refractivity contribution is 0.240. The number of hydrogen-bond donors (Lipinski definition) is 0. The van der Waals surface area contributed by atoms with Crippen LogP contribution in [0.15, 0.2) is 54.6 Å². The Labute approximate surface area is 141 Å². The Morgan fingerprint density at radius 3 is 2.39 bits per heavy atom. The standard InChI is InChI=1S/C18H21NO3S/c1-14(23-18(20)19(2)3)13-21-16-10-7-11-17(12-16)22-15-8-5-4-6-9-15/h4-12,14H,13H2,1-3H3. The highest BCUT2D eigenvalue weighted by atomic mass is 32.2. The van der Waals surface area contributed by atoms with Crippen LogP contribution in [-0.2, 0) is 0 Å². The Balaban J connectivity index is 1.89. The van der Waals surface area contributed by atoms with Crippen LogP contribution in [0, 0.1) is 0 Å². The van der Waals surface area contributed by atoms with Crippen LogP contribution in [-0.4, -0.2) is 36.1 Å². The molecule has 23 heavy (non-hydrogen) atoms. The third-order valence-electron chi connectivity index (χ3n) is 2.94. The molecular weight excluding hydrogens is 310 g/mol. The fourth-order valence-corrected chi connectivity index (χ4v) is 2.47. The van der Waals surface area contributed by atoms with Gasteiger partial charge in [0.15, 0.2) is 0 Å². The molecule has 2 aromatic carbocycles. The van der Waals surface area contributed by atoms with Crippen LogP contribution in [0.5, 0.6) is 17.2 Å². The molecule has 2 aromatic rings. The van der Waals surface area contributed by atoms with Gasteiger partial charge in [0, 0.05) is 25.4 Å². The van der Waals surface area contributed by atoms with Crippen molar-refractivity contribution in [3.63, 3.8) is 0 Å². The summed E-state index contributed by atoms with van der Waals surface area (Å²) in [7, 11) is 3.49. The molecule has 4 nitrogen and oxygen atoms in total. The average molecular weight is 331 g/mol. The summed E-state index contributed by atoms with van der Waals surface area (Å²) in [6.07, 6.45) is 0. The number of carbonyl (C=O) groups excluding carboxylic acids is 1. The van der Waals surface area contributed by atoms with Crippen LogP contribution >= 0.6 is 11.8 Å². The van der Waals surface area contributed by atoms with E-state index in [9.17, 15) is 4.79 Å². The lowest BCUT2D eigenvalue weighted by Gasteiger charge is -2.15. The zero-order valence-corrected chi connectivity index (χ0v) is 14.4. The predicted octanol–water partition coefficient (Wildman–Crippen LogP) is 4.66. The van der Waals surface area contributed by atoms with Crippen LogP contribution in [0.25, 0.3) is 0 Å². The molecule has 0 radical (unpaired) electrons. The predicted molar refractivity (Wildman–Crippen MR) is 94.6 cm³/mol. The minimum absolute atomic E-state index is 0.0299. The van der Waals surface area contributed by atoms with Gasteiger partial charge in [-0.15, -0.1) is 0 Å². The molecule has 0 saturated heterocycles. The van der Waals surface area contributed by atoms with E-state index in [-0.39, 0.29) is 10.5 Å². The lowest BCUT2D eigenvalue weighted by Crippen LogP contribution is -2.21. The summed E-state index contributed by atoms with van der Waals surface area (Å²) in [5.41, 5.74) is 0. The van der Waals surface area contributed by atoms with E-state index in [1.54, 1.807) is 19.0 Å². The van der Waals surface area contributed by atoms with Gasteiger partial charge in [0.2, 0.25) is 0 Å². The third-order valence-corrected chi connectivity index (χ3v) is 4.04. The van der Waals surface area contributed by atoms with Crippen molar-refractivity contribution in [2.24, 2.45) is 0 Å². The topological polar surface area (TPSA) is 38.8 Å². The summed E-state index contributed by atoms with van der Waals surface area (Å²) in [5, 5.41) is 0.103. The van der Waals surface area contributed by atoms with E-state index in [4.69, 9.17) is 9.47 Å². The molecule has 0 saturated carbocycles. The first-order valence-electron chi connectivity index (χ1n) is 7.38. The van der Waals surface area contributed by atoms with Crippen LogP contribution in [0.1, 0.15) is 6.92 Å². The van der Waals surface area contributed by atoms with Gasteiger partial charge in [0.1, 0.15) is 23.9 Å². The SMILES string of the molecule is CC(COc1cccc(Oc2ccccc2)c1)SC(=O)N(C)C. The summed E-state index contributed by atoms with van der Waals surface area (Å²) in [6.45, 7) is 2.43. The molecule has 0 aromatic heterocycles. The first-order chi connectivity index (χ1) is 11.0. The highest BCUT2D eigenvalue weighted by molar-refractivity contribution is 8.14. The molecule has 1 amide bonds. The normalized spacial score (nSPS) is 11.6. The molecule has 0 N–H and O–H groups in total. The van der Waals surface area contributed by atoms with E-state index < -0.39 is 0 Å². The summed E-state index contributed by atoms with van der Waals surface area (Å²) >= 11 is 1.26. The van der Waals surface area contributed by atoms with Crippen molar-refractivity contribution in [2.45, 2.75) is 12.2 Å². The van der Waals surface area contributed by atoms with E-state index in [1.807, 2.05) is 61.5 Å². The maximum atomic E-state index is 11.6. The molecule has 0 aliphatic heterocycles. The van der Waals surface area contributed by atoms with Gasteiger partial charge in [-0.1, -0.05) is 36.0 Å². The van der Waals surface area contributed by atoms with Crippen molar-refractivity contribution < 1.29 is 14.3 Å². The minimum Gasteiger partial charge on any atom is -0.492 e. The first kappa shape index (κ1) is 17.2. The Morgan fingerprint density at radius 1 is 1.04 bits per heavy atom. The molecule has 0 aliphatic rings. The molecule has 122 valence electrons. The van der Waals surface area contributed by atoms with Gasteiger partial charge in [0.05, 0.1) is 0 Å². The number of amides is 1. The number of nitrogens with zero attached hydrogens (tertiary/aromatic N) is 1. The molecule has 0 bridgehead atoms. The molecule has 5 heteroatoms. The van der Waals surface area contributed by atoms with E-state index in [0.29, 0.717) is 6.61 Å². The maximum absolute atomic E-state index is 11.6. The Bertz CT molecular complexity index is 631. The highest BCUT2D eigenvalue weighted by Gasteiger charge is 2.12. The molecule has 0 fully saturated rings. The van der Waals surface area contributed by atoms with Crippen molar-refractivity contribution in [2.75, 3.05) is 20.7 Å². The number of ether oxygens (including phenoxy) is 2. The second kappa shape index (κ2) is 8.48. The zero-order chi connectivity index (χ0) is 16.7. The zero-order valence-electron chi connectivity index (χ0n) is 13.6. The number of para-hydroxylation sites is 1. The van der Waals surface area contributed by atoms with E-state index >= 15 is 0 Å². The molecule has 0 heterocycles. The van der Waals surface area contributed by atoms with Gasteiger partial charge in [-0.3, -0.25) is 4.79 Å². The lowest BCUT2D eigenvalue weighted by atomic mass is 10.3. The minimum atomic E-state index is 0.0299. The highest BCUT2D eigenvalue weighted by Crippen LogP contribution is 2.25. The van der Waals surface area contributed by atoms with Crippen LogP contribution in [0.2, 0.25) is 0 Å². The number of thioether (sulfide) groups is 1. The summed E-state index contributed by atoms with van der Waals surface area (Å²) < 4.78 is 11.5. The van der Waals surface area contributed by atoms with E-state index in [2.05, 4.69) is 0 Å². The third kappa shape index (κ3) is 5.87. The molecule has 0 aliphatic carbocycles. The molecule has 2 rings (SSSR count). The first-order valence-corrected chi connectivity index (χ1v) is 8.26. The number of carbonyl (C=O) groups is 1. The van der Waals surface area contributed by atoms with Crippen molar-refractivity contribution >= 4 is 17.0 Å². The van der Waals surface area contributed by atoms with Crippen LogP contribution < -0.4 is 9.47 Å². The maximum Gasteiger partial charge on any atom is 0.281 e. The summed E-state index contributed by atoms with van der Waals surface area (Å²) in [6, 6.07) is 17.1. The summed E-state index contributed by atoms with van der Waals surface area (Å²) in [5.74, 6) is 2.23. The quantitative estimate of drug-likeness (QED) is 0.771. The largest absolute Gasteiger partial charge is 0.492 e. The van der Waals surface area contributed by atoms with Crippen molar-refractivity contribution in [1.29, 1.82) is 0 Å². The number of hydrogen-bond acceptors (Lipinski definition) is 4. The van der Waals surface area contributed by atoms with Gasteiger partial charge in [-0.2, -0.15) is 0 Å². The van der Waals surface area contributed by atoms with Gasteiger partial charge in [-0.05, 0) is 31.2 Å². The van der Waals surface area contributed by atoms with Crippen molar-refractivity contribution in [3.8, 4) is 17.2 Å². The average Bonchev–Trinajstić information content (AvgIpc) is 2.54. The van der Waals surface area contributed by atoms with Gasteiger partial charge in [-0.25, -0.2) is 0 Å². The fraction of sp³-hybridized carbons (Fsp3) is 0.278. The van der Waals surface area contributed by atoms with Gasteiger partial charge >= 0.3 is 0 Å². The monoisotopic (exact) mass is 331 g/mol. The van der Waals surface area contributed by atoms with Crippen LogP contribution in [0.3, 0.4) is 0 Å².